The first kappa shape index (κ1) is 8.79. The fourth-order valence-electron chi connectivity index (χ4n) is 3.08. The normalized spacial score (nSPS) is 44.7. The van der Waals surface area contributed by atoms with Gasteiger partial charge in [0.25, 0.3) is 0 Å². The zero-order valence-corrected chi connectivity index (χ0v) is 8.42. The van der Waals surface area contributed by atoms with Crippen LogP contribution in [0.3, 0.4) is 0 Å². The molecule has 0 saturated heterocycles. The monoisotopic (exact) mass is 180 g/mol. The van der Waals surface area contributed by atoms with E-state index >= 15 is 0 Å². The number of aliphatic hydroxyl groups is 1. The maximum atomic E-state index is 11.9. The van der Waals surface area contributed by atoms with Crippen LogP contribution in [0.4, 0.5) is 0 Å². The van der Waals surface area contributed by atoms with Crippen LogP contribution in [0.25, 0.3) is 0 Å². The van der Waals surface area contributed by atoms with E-state index in [1.54, 1.807) is 0 Å². The van der Waals surface area contributed by atoms with Crippen molar-refractivity contribution in [3.8, 4) is 0 Å². The van der Waals surface area contributed by atoms with Crippen molar-refractivity contribution in [2.75, 3.05) is 0 Å². The van der Waals surface area contributed by atoms with Gasteiger partial charge in [0.2, 0.25) is 0 Å². The highest BCUT2D eigenvalue weighted by Crippen LogP contribution is 2.65. The Kier molecular flexibility index (Phi) is 1.47. The molecular weight excluding hydrogens is 164 g/mol. The third-order valence-electron chi connectivity index (χ3n) is 4.50. The number of aliphatic hydroxyl groups excluding tert-OH is 1. The molecule has 0 amide bonds. The molecule has 2 aliphatic rings. The first-order valence-electron chi connectivity index (χ1n) is 4.84. The quantitative estimate of drug-likeness (QED) is 0.459. The number of hydrogen-bond donors (Lipinski definition) is 1. The highest BCUT2D eigenvalue weighted by Gasteiger charge is 2.64. The molecule has 72 valence electrons. The number of allylic oxidation sites excluding steroid dienone is 1. The van der Waals surface area contributed by atoms with Crippen LogP contribution in [0.15, 0.2) is 11.8 Å². The minimum Gasteiger partial charge on any atom is -0.515 e. The Labute approximate surface area is 78.6 Å². The molecule has 2 nitrogen and oxygen atoms in total. The Morgan fingerprint density at radius 2 is 2.08 bits per heavy atom. The summed E-state index contributed by atoms with van der Waals surface area (Å²) >= 11 is 0. The van der Waals surface area contributed by atoms with Gasteiger partial charge < -0.3 is 5.11 Å². The molecule has 0 radical (unpaired) electrons. The molecule has 13 heavy (non-hydrogen) atoms. The Balaban J connectivity index is 2.57. The van der Waals surface area contributed by atoms with Crippen LogP contribution in [0.1, 0.15) is 33.6 Å². The number of ketones is 1. The summed E-state index contributed by atoms with van der Waals surface area (Å²) in [6.45, 7) is 6.31. The van der Waals surface area contributed by atoms with Gasteiger partial charge in [-0.25, -0.2) is 0 Å². The number of carbonyl (C=O) groups excluding carboxylic acids is 1. The van der Waals surface area contributed by atoms with Crippen LogP contribution in [-0.4, -0.2) is 10.9 Å². The zero-order chi connectivity index (χ0) is 9.85. The molecule has 0 heterocycles. The molecule has 0 spiro atoms. The van der Waals surface area contributed by atoms with E-state index in [9.17, 15) is 4.79 Å². The molecule has 1 N–H and O–H groups in total. The highest BCUT2D eigenvalue weighted by atomic mass is 16.2. The van der Waals surface area contributed by atoms with Gasteiger partial charge in [-0.2, -0.15) is 0 Å². The lowest BCUT2D eigenvalue weighted by molar-refractivity contribution is -0.125. The van der Waals surface area contributed by atoms with Crippen molar-refractivity contribution < 1.29 is 9.90 Å². The summed E-state index contributed by atoms with van der Waals surface area (Å²) in [5.41, 5.74) is 0.448. The molecule has 2 bridgehead atoms. The summed E-state index contributed by atoms with van der Waals surface area (Å²) in [6, 6.07) is 0. The molecule has 2 heteroatoms. The van der Waals surface area contributed by atoms with Crippen molar-refractivity contribution in [1.82, 2.24) is 0 Å². The van der Waals surface area contributed by atoms with Gasteiger partial charge in [-0.3, -0.25) is 4.79 Å². The summed E-state index contributed by atoms with van der Waals surface area (Å²) in [6.07, 6.45) is 3.04. The van der Waals surface area contributed by atoms with Gasteiger partial charge in [0.15, 0.2) is 5.78 Å². The predicted molar refractivity (Wildman–Crippen MR) is 50.3 cm³/mol. The van der Waals surface area contributed by atoms with Gasteiger partial charge in [-0.05, 0) is 24.2 Å². The lowest BCUT2D eigenvalue weighted by Gasteiger charge is -2.31. The van der Waals surface area contributed by atoms with Crippen LogP contribution in [0.5, 0.6) is 0 Å². The standard InChI is InChI=1S/C11H16O2/c1-10(2)8-4-5-11(10,3)9(13)7(8)6-12/h6,8,12H,4-5H2,1-3H3/b7-6-. The van der Waals surface area contributed by atoms with Gasteiger partial charge in [0, 0.05) is 11.0 Å². The maximum Gasteiger partial charge on any atom is 0.168 e. The SMILES string of the molecule is CC12CCC(/C(=C/O)C1=O)C2(C)C. The van der Waals surface area contributed by atoms with E-state index < -0.39 is 0 Å². The minimum absolute atomic E-state index is 0.0264. The van der Waals surface area contributed by atoms with E-state index in [2.05, 4.69) is 13.8 Å². The molecule has 2 unspecified atom stereocenters. The molecule has 2 rings (SSSR count). The first-order valence-corrected chi connectivity index (χ1v) is 4.84. The molecule has 0 aromatic carbocycles. The summed E-state index contributed by atoms with van der Waals surface area (Å²) in [4.78, 5) is 11.9. The average molecular weight is 180 g/mol. The molecule has 0 aromatic heterocycles. The molecular formula is C11H16O2. The molecule has 2 aliphatic carbocycles. The van der Waals surface area contributed by atoms with Crippen LogP contribution >= 0.6 is 0 Å². The second-order valence-corrected chi connectivity index (χ2v) is 5.06. The van der Waals surface area contributed by atoms with Crippen LogP contribution < -0.4 is 0 Å². The van der Waals surface area contributed by atoms with Crippen molar-refractivity contribution in [2.45, 2.75) is 33.6 Å². The lowest BCUT2D eigenvalue weighted by atomic mass is 9.70. The number of fused-ring (bicyclic) bond motifs is 2. The third kappa shape index (κ3) is 0.725. The van der Waals surface area contributed by atoms with Gasteiger partial charge in [0.05, 0.1) is 6.26 Å². The van der Waals surface area contributed by atoms with E-state index in [1.807, 2.05) is 6.92 Å². The Bertz CT molecular complexity index is 301. The highest BCUT2D eigenvalue weighted by molar-refractivity contribution is 6.04. The zero-order valence-electron chi connectivity index (χ0n) is 8.42. The molecule has 0 aliphatic heterocycles. The van der Waals surface area contributed by atoms with E-state index in [-0.39, 0.29) is 22.5 Å². The fraction of sp³-hybridized carbons (Fsp3) is 0.727. The number of Topliss-reactive ketones (excluding diaryl/α,β-unsaturated/α-hetero) is 1. The second kappa shape index (κ2) is 2.17. The van der Waals surface area contributed by atoms with Crippen molar-refractivity contribution in [2.24, 2.45) is 16.7 Å². The topological polar surface area (TPSA) is 37.3 Å². The first-order chi connectivity index (χ1) is 5.95. The van der Waals surface area contributed by atoms with Crippen molar-refractivity contribution in [3.63, 3.8) is 0 Å². The van der Waals surface area contributed by atoms with Crippen molar-refractivity contribution in [3.05, 3.63) is 11.8 Å². The van der Waals surface area contributed by atoms with Crippen LogP contribution in [0.2, 0.25) is 0 Å². The summed E-state index contributed by atoms with van der Waals surface area (Å²) in [5, 5.41) is 9.02. The van der Waals surface area contributed by atoms with Gasteiger partial charge in [-0.15, -0.1) is 0 Å². The van der Waals surface area contributed by atoms with Crippen LogP contribution in [-0.2, 0) is 4.79 Å². The predicted octanol–water partition coefficient (Wildman–Crippen LogP) is 2.45. The van der Waals surface area contributed by atoms with Crippen molar-refractivity contribution >= 4 is 5.78 Å². The van der Waals surface area contributed by atoms with E-state index in [0.717, 1.165) is 19.1 Å². The average Bonchev–Trinajstić information content (AvgIpc) is 2.36. The maximum absolute atomic E-state index is 11.9. The fourth-order valence-corrected chi connectivity index (χ4v) is 3.08. The molecule has 2 saturated carbocycles. The number of rotatable bonds is 0. The summed E-state index contributed by atoms with van der Waals surface area (Å²) in [7, 11) is 0. The van der Waals surface area contributed by atoms with Gasteiger partial charge in [-0.1, -0.05) is 20.8 Å². The van der Waals surface area contributed by atoms with E-state index in [1.165, 1.54) is 0 Å². The Morgan fingerprint density at radius 3 is 2.38 bits per heavy atom. The Hall–Kier alpha value is -0.790. The molecule has 0 aromatic rings. The van der Waals surface area contributed by atoms with Crippen LogP contribution in [0, 0.1) is 16.7 Å². The van der Waals surface area contributed by atoms with Gasteiger partial charge >= 0.3 is 0 Å². The lowest BCUT2D eigenvalue weighted by Crippen LogP contribution is -2.32. The largest absolute Gasteiger partial charge is 0.515 e. The van der Waals surface area contributed by atoms with E-state index in [0.29, 0.717) is 5.57 Å². The summed E-state index contributed by atoms with van der Waals surface area (Å²) in [5.74, 6) is 0.436. The van der Waals surface area contributed by atoms with Crippen molar-refractivity contribution in [1.29, 1.82) is 0 Å². The number of hydrogen-bond acceptors (Lipinski definition) is 2. The van der Waals surface area contributed by atoms with Gasteiger partial charge in [0.1, 0.15) is 0 Å². The molecule has 2 fully saturated rings. The third-order valence-corrected chi connectivity index (χ3v) is 4.50. The minimum atomic E-state index is -0.230. The number of carbonyl (C=O) groups is 1. The van der Waals surface area contributed by atoms with E-state index in [4.69, 9.17) is 5.11 Å². The summed E-state index contributed by atoms with van der Waals surface area (Å²) < 4.78 is 0. The smallest absolute Gasteiger partial charge is 0.168 e. The Morgan fingerprint density at radius 1 is 1.46 bits per heavy atom. The second-order valence-electron chi connectivity index (χ2n) is 5.06. The molecule has 2 atom stereocenters.